The number of carbonyl (C=O) groups excluding carboxylic acids is 3. The molecule has 0 bridgehead atoms. The van der Waals surface area contributed by atoms with Crippen molar-refractivity contribution in [3.8, 4) is 0 Å². The molecule has 326 valence electrons. The topological polar surface area (TPSA) is 78.9 Å². The van der Waals surface area contributed by atoms with Crippen molar-refractivity contribution in [3.63, 3.8) is 0 Å². The van der Waals surface area contributed by atoms with E-state index in [9.17, 15) is 14.4 Å². The van der Waals surface area contributed by atoms with Gasteiger partial charge >= 0.3 is 17.9 Å². The van der Waals surface area contributed by atoms with Crippen LogP contribution >= 0.6 is 0 Å². The van der Waals surface area contributed by atoms with E-state index in [0.717, 1.165) is 103 Å². The molecule has 6 heteroatoms. The maximum absolute atomic E-state index is 12.7. The van der Waals surface area contributed by atoms with Crippen LogP contribution in [0, 0.1) is 0 Å². The van der Waals surface area contributed by atoms with Gasteiger partial charge < -0.3 is 14.2 Å². The molecular formula is C52H82O6. The van der Waals surface area contributed by atoms with Gasteiger partial charge in [0.2, 0.25) is 0 Å². The third kappa shape index (κ3) is 43.2. The molecule has 0 aliphatic rings. The van der Waals surface area contributed by atoms with Gasteiger partial charge in [-0.3, -0.25) is 14.4 Å². The highest BCUT2D eigenvalue weighted by Crippen LogP contribution is 2.11. The minimum Gasteiger partial charge on any atom is -0.462 e. The summed E-state index contributed by atoms with van der Waals surface area (Å²) in [7, 11) is 0. The molecule has 0 saturated carbocycles. The monoisotopic (exact) mass is 803 g/mol. The van der Waals surface area contributed by atoms with Crippen LogP contribution in [0.15, 0.2) is 109 Å². The van der Waals surface area contributed by atoms with E-state index < -0.39 is 12.1 Å². The molecule has 0 N–H and O–H groups in total. The molecular weight excluding hydrogens is 721 g/mol. The second-order valence-electron chi connectivity index (χ2n) is 14.5. The quantitative estimate of drug-likeness (QED) is 0.0267. The normalized spacial score (nSPS) is 13.1. The summed E-state index contributed by atoms with van der Waals surface area (Å²) in [6.45, 7) is 6.25. The van der Waals surface area contributed by atoms with Crippen LogP contribution in [0.5, 0.6) is 0 Å². The number of carbonyl (C=O) groups is 3. The molecule has 1 unspecified atom stereocenters. The molecule has 1 atom stereocenters. The van der Waals surface area contributed by atoms with Gasteiger partial charge in [0, 0.05) is 19.3 Å². The summed E-state index contributed by atoms with van der Waals surface area (Å²) < 4.78 is 16.6. The number of hydrogen-bond donors (Lipinski definition) is 0. The molecule has 0 heterocycles. The lowest BCUT2D eigenvalue weighted by molar-refractivity contribution is -0.166. The van der Waals surface area contributed by atoms with Gasteiger partial charge in [0.25, 0.3) is 0 Å². The predicted octanol–water partition coefficient (Wildman–Crippen LogP) is 14.8. The SMILES string of the molecule is CC/C=C\C/C=C\C/C=C\C/C=C\C/C=C\CCCCCC(=O)OCC(COC(=O)CCCCCCCCCC)OC(=O)CC/C=C\C/C=C\C/C=C\C/C=C\CC. The van der Waals surface area contributed by atoms with E-state index in [1.54, 1.807) is 0 Å². The van der Waals surface area contributed by atoms with Gasteiger partial charge in [-0.2, -0.15) is 0 Å². The molecule has 0 rings (SSSR count). The van der Waals surface area contributed by atoms with Crippen molar-refractivity contribution in [3.05, 3.63) is 109 Å². The minimum absolute atomic E-state index is 0.119. The second kappa shape index (κ2) is 45.8. The minimum atomic E-state index is -0.827. The third-order valence-electron chi connectivity index (χ3n) is 9.04. The second-order valence-corrected chi connectivity index (χ2v) is 14.5. The zero-order valence-corrected chi connectivity index (χ0v) is 37.0. The summed E-state index contributed by atoms with van der Waals surface area (Å²) in [4.78, 5) is 37.6. The summed E-state index contributed by atoms with van der Waals surface area (Å²) in [5.41, 5.74) is 0. The van der Waals surface area contributed by atoms with E-state index in [4.69, 9.17) is 14.2 Å². The van der Waals surface area contributed by atoms with Gasteiger partial charge in [0.05, 0.1) is 0 Å². The molecule has 0 amide bonds. The van der Waals surface area contributed by atoms with Crippen LogP contribution in [0.4, 0.5) is 0 Å². The molecule has 0 aliphatic heterocycles. The molecule has 0 aromatic carbocycles. The Kier molecular flexibility index (Phi) is 42.7. The van der Waals surface area contributed by atoms with Crippen LogP contribution in [0.2, 0.25) is 0 Å². The van der Waals surface area contributed by atoms with Crippen LogP contribution in [0.3, 0.4) is 0 Å². The summed E-state index contributed by atoms with van der Waals surface area (Å²) in [6, 6.07) is 0. The Balaban J connectivity index is 4.49. The van der Waals surface area contributed by atoms with Crippen molar-refractivity contribution < 1.29 is 28.6 Å². The molecule has 0 aliphatic carbocycles. The number of unbranched alkanes of at least 4 members (excludes halogenated alkanes) is 10. The highest BCUT2D eigenvalue weighted by molar-refractivity contribution is 5.71. The van der Waals surface area contributed by atoms with Crippen LogP contribution in [-0.2, 0) is 28.6 Å². The summed E-state index contributed by atoms with van der Waals surface area (Å²) in [6.07, 6.45) is 60.9. The lowest BCUT2D eigenvalue weighted by Crippen LogP contribution is -2.30. The Hall–Kier alpha value is -3.93. The Morgan fingerprint density at radius 2 is 0.707 bits per heavy atom. The molecule has 58 heavy (non-hydrogen) atoms. The van der Waals surface area contributed by atoms with Crippen molar-refractivity contribution in [2.24, 2.45) is 0 Å². The van der Waals surface area contributed by atoms with Crippen molar-refractivity contribution >= 4 is 17.9 Å². The molecule has 0 aromatic rings. The predicted molar refractivity (Wildman–Crippen MR) is 247 cm³/mol. The third-order valence-corrected chi connectivity index (χ3v) is 9.04. The fourth-order valence-corrected chi connectivity index (χ4v) is 5.66. The van der Waals surface area contributed by atoms with Crippen molar-refractivity contribution in [2.45, 2.75) is 187 Å². The Labute approximate surface area is 355 Å². The number of rotatable bonds is 39. The Morgan fingerprint density at radius 3 is 1.12 bits per heavy atom. The molecule has 0 aromatic heterocycles. The van der Waals surface area contributed by atoms with Crippen LogP contribution in [0.1, 0.15) is 181 Å². The maximum atomic E-state index is 12.7. The number of hydrogen-bond acceptors (Lipinski definition) is 6. The first-order valence-electron chi connectivity index (χ1n) is 22.9. The molecule has 0 radical (unpaired) electrons. The Morgan fingerprint density at radius 1 is 0.362 bits per heavy atom. The van der Waals surface area contributed by atoms with Crippen LogP contribution < -0.4 is 0 Å². The van der Waals surface area contributed by atoms with Gasteiger partial charge in [0.15, 0.2) is 6.10 Å². The van der Waals surface area contributed by atoms with E-state index in [1.165, 1.54) is 32.1 Å². The molecule has 0 fully saturated rings. The fourth-order valence-electron chi connectivity index (χ4n) is 5.66. The first-order valence-corrected chi connectivity index (χ1v) is 22.9. The number of ether oxygens (including phenoxy) is 3. The van der Waals surface area contributed by atoms with Gasteiger partial charge in [-0.05, 0) is 89.9 Å². The molecule has 6 nitrogen and oxygen atoms in total. The number of allylic oxidation sites excluding steroid dienone is 18. The van der Waals surface area contributed by atoms with E-state index >= 15 is 0 Å². The highest BCUT2D eigenvalue weighted by atomic mass is 16.6. The smallest absolute Gasteiger partial charge is 0.306 e. The molecule has 0 saturated heterocycles. The van der Waals surface area contributed by atoms with Gasteiger partial charge in [-0.15, -0.1) is 0 Å². The standard InChI is InChI=1S/C52H82O6/c1-4-7-10-13-16-19-21-23-24-25-26-27-28-30-31-33-36-39-42-45-51(54)57-48-49(47-56-50(53)44-41-38-35-18-15-12-9-6-3)58-52(55)46-43-40-37-34-32-29-22-20-17-14-11-8-5-2/h7-8,10-11,16-17,19-20,23-24,26-27,29-32,37,40,49H,4-6,9,12-15,18,21-22,25,28,33-36,38-39,41-48H2,1-3H3/b10-7-,11-8-,19-16-,20-17-,24-23-,27-26-,31-30-,32-29-,40-37-. The Bertz CT molecular complexity index is 1240. The maximum Gasteiger partial charge on any atom is 0.306 e. The van der Waals surface area contributed by atoms with E-state index in [0.29, 0.717) is 19.3 Å². The van der Waals surface area contributed by atoms with E-state index in [1.807, 2.05) is 12.2 Å². The summed E-state index contributed by atoms with van der Waals surface area (Å²) >= 11 is 0. The lowest BCUT2D eigenvalue weighted by Gasteiger charge is -2.18. The molecule has 0 spiro atoms. The zero-order chi connectivity index (χ0) is 42.3. The average Bonchev–Trinajstić information content (AvgIpc) is 3.22. The fraction of sp³-hybridized carbons (Fsp3) is 0.596. The summed E-state index contributed by atoms with van der Waals surface area (Å²) in [5.74, 6) is -1.05. The first-order chi connectivity index (χ1) is 28.5. The van der Waals surface area contributed by atoms with E-state index in [-0.39, 0.29) is 31.6 Å². The average molecular weight is 803 g/mol. The highest BCUT2D eigenvalue weighted by Gasteiger charge is 2.19. The summed E-state index contributed by atoms with van der Waals surface area (Å²) in [5, 5.41) is 0. The van der Waals surface area contributed by atoms with Crippen molar-refractivity contribution in [2.75, 3.05) is 13.2 Å². The van der Waals surface area contributed by atoms with Crippen LogP contribution in [-0.4, -0.2) is 37.2 Å². The first kappa shape index (κ1) is 54.1. The van der Waals surface area contributed by atoms with Crippen molar-refractivity contribution in [1.82, 2.24) is 0 Å². The van der Waals surface area contributed by atoms with Crippen LogP contribution in [0.25, 0.3) is 0 Å². The van der Waals surface area contributed by atoms with Gasteiger partial charge in [-0.25, -0.2) is 0 Å². The number of esters is 3. The van der Waals surface area contributed by atoms with Gasteiger partial charge in [0.1, 0.15) is 13.2 Å². The lowest BCUT2D eigenvalue weighted by atomic mass is 10.1. The van der Waals surface area contributed by atoms with E-state index in [2.05, 4.69) is 118 Å². The zero-order valence-electron chi connectivity index (χ0n) is 37.0. The largest absolute Gasteiger partial charge is 0.462 e. The van der Waals surface area contributed by atoms with Crippen molar-refractivity contribution in [1.29, 1.82) is 0 Å². The van der Waals surface area contributed by atoms with Gasteiger partial charge in [-0.1, -0.05) is 182 Å².